The van der Waals surface area contributed by atoms with Gasteiger partial charge in [0.25, 0.3) is 0 Å². The molecule has 129 heavy (non-hydrogen) atoms. The summed E-state index contributed by atoms with van der Waals surface area (Å²) in [7, 11) is 0. The Hall–Kier alpha value is -11.9. The van der Waals surface area contributed by atoms with Gasteiger partial charge in [-0.15, -0.1) is 58.7 Å². The van der Waals surface area contributed by atoms with Gasteiger partial charge < -0.3 is 10.2 Å². The van der Waals surface area contributed by atoms with E-state index in [0.717, 1.165) is 78.0 Å². The average molecular weight is 2080 g/mol. The minimum atomic E-state index is -3.00. The third kappa shape index (κ3) is 19.3. The summed E-state index contributed by atoms with van der Waals surface area (Å²) in [6, 6.07) is 63.2. The second kappa shape index (κ2) is 36.2. The molecule has 17 aromatic rings. The van der Waals surface area contributed by atoms with Gasteiger partial charge in [-0.1, -0.05) is 346 Å². The van der Waals surface area contributed by atoms with Gasteiger partial charge in [0.1, 0.15) is 23.1 Å². The van der Waals surface area contributed by atoms with Crippen LogP contribution in [-0.4, -0.2) is 39.3 Å². The normalized spacial score (nSPS) is 14.9. The van der Waals surface area contributed by atoms with Crippen LogP contribution in [0.5, 0.6) is 11.5 Å². The number of rotatable bonds is 13. The maximum absolute atomic E-state index is 12.4. The molecule has 0 amide bonds. The van der Waals surface area contributed by atoms with Gasteiger partial charge >= 0.3 is 0 Å². The second-order valence-corrected chi connectivity index (χ2v) is 39.0. The molecule has 4 heterocycles. The Bertz CT molecular complexity index is 8300. The summed E-state index contributed by atoms with van der Waals surface area (Å²) in [4.78, 5) is 19.7. The maximum atomic E-state index is 12.4. The number of aromatic hydroxyl groups is 2. The van der Waals surface area contributed by atoms with Gasteiger partial charge in [0, 0.05) is 94.9 Å². The number of aryl methyl sites for hydroxylation is 3. The number of para-hydroxylation sites is 2. The molecule has 0 radical (unpaired) electrons. The molecule has 2 N–H and O–H groups in total. The first kappa shape index (κ1) is 67.3. The van der Waals surface area contributed by atoms with Crippen LogP contribution in [0.2, 0.25) is 0 Å². The van der Waals surface area contributed by atoms with Crippen molar-refractivity contribution in [3.63, 3.8) is 0 Å². The summed E-state index contributed by atoms with van der Waals surface area (Å²) in [6.07, 6.45) is -1.22. The largest absolute Gasteiger partial charge is 0.507 e. The molecular weight excluding hydrogens is 1940 g/mol. The minimum absolute atomic E-state index is 0. The molecular formula is C119H118N6O2Pt2-2. The number of imidazole rings is 2. The molecule has 0 fully saturated rings. The first-order valence-electron chi connectivity index (χ1n) is 54.2. The van der Waals surface area contributed by atoms with Gasteiger partial charge in [0.05, 0.1) is 63.8 Å². The molecule has 0 saturated carbocycles. The van der Waals surface area contributed by atoms with Gasteiger partial charge in [0.15, 0.2) is 0 Å². The Morgan fingerprint density at radius 1 is 0.318 bits per heavy atom. The zero-order valence-electron chi connectivity index (χ0n) is 99.3. The van der Waals surface area contributed by atoms with Crippen LogP contribution in [0.3, 0.4) is 0 Å². The number of fused-ring (bicyclic) bond motifs is 2. The Morgan fingerprint density at radius 2 is 0.729 bits per heavy atom. The van der Waals surface area contributed by atoms with E-state index in [1.54, 1.807) is 22.8 Å². The maximum Gasteiger partial charge on any atom is 0.148 e. The monoisotopic (exact) mass is 2080 g/mol. The van der Waals surface area contributed by atoms with E-state index in [9.17, 15) is 17.1 Å². The quantitative estimate of drug-likeness (QED) is 0.112. The summed E-state index contributed by atoms with van der Waals surface area (Å²) >= 11 is 0. The van der Waals surface area contributed by atoms with Crippen molar-refractivity contribution in [2.75, 3.05) is 0 Å². The van der Waals surface area contributed by atoms with E-state index in [1.807, 2.05) is 216 Å². The van der Waals surface area contributed by atoms with Crippen molar-refractivity contribution in [2.24, 2.45) is 0 Å². The number of aromatic nitrogens is 6. The Kier molecular flexibility index (Phi) is 18.9. The van der Waals surface area contributed by atoms with E-state index < -0.39 is 155 Å². The molecule has 0 unspecified atom stereocenters. The van der Waals surface area contributed by atoms with Crippen molar-refractivity contribution in [1.82, 2.24) is 29.1 Å². The predicted octanol–water partition coefficient (Wildman–Crippen LogP) is 31.5. The topological polar surface area (TPSA) is 102 Å². The fraction of sp³-hybridized carbons (Fsp3) is 0.244. The Balaban J connectivity index is 0.000000238. The van der Waals surface area contributed by atoms with Crippen molar-refractivity contribution in [2.45, 2.75) is 192 Å². The van der Waals surface area contributed by atoms with Crippen molar-refractivity contribution in [3.8, 4) is 146 Å². The van der Waals surface area contributed by atoms with E-state index >= 15 is 0 Å². The number of hydrogen-bond donors (Lipinski definition) is 2. The second-order valence-electron chi connectivity index (χ2n) is 39.0. The molecule has 0 bridgehead atoms. The van der Waals surface area contributed by atoms with Crippen molar-refractivity contribution in [1.29, 1.82) is 0 Å². The Morgan fingerprint density at radius 3 is 1.16 bits per heavy atom. The van der Waals surface area contributed by atoms with Crippen molar-refractivity contribution in [3.05, 3.63) is 358 Å². The molecule has 0 saturated heterocycles. The molecule has 658 valence electrons. The molecule has 17 rings (SSSR count). The molecule has 0 aliphatic rings. The summed E-state index contributed by atoms with van der Waals surface area (Å²) < 4.78 is 204. The summed E-state index contributed by atoms with van der Waals surface area (Å²) in [6.45, 7) is 32.5. The molecule has 8 nitrogen and oxygen atoms in total. The van der Waals surface area contributed by atoms with Crippen LogP contribution >= 0.6 is 0 Å². The Labute approximate surface area is 826 Å². The van der Waals surface area contributed by atoms with Gasteiger partial charge in [0.2, 0.25) is 0 Å². The molecule has 0 atom stereocenters. The molecule has 0 aliphatic heterocycles. The van der Waals surface area contributed by atoms with Crippen LogP contribution in [0.1, 0.15) is 217 Å². The minimum Gasteiger partial charge on any atom is -0.507 e. The summed E-state index contributed by atoms with van der Waals surface area (Å²) in [5.41, 5.74) is 13.3. The zero-order chi connectivity index (χ0) is 110. The van der Waals surface area contributed by atoms with E-state index in [2.05, 4.69) is 131 Å². The van der Waals surface area contributed by atoms with Gasteiger partial charge in [-0.25, -0.2) is 9.97 Å². The predicted molar refractivity (Wildman–Crippen MR) is 534 cm³/mol. The van der Waals surface area contributed by atoms with Gasteiger partial charge in [-0.2, -0.15) is 0 Å². The smallest absolute Gasteiger partial charge is 0.148 e. The molecule has 0 spiro atoms. The van der Waals surface area contributed by atoms with E-state index in [1.165, 1.54) is 0 Å². The van der Waals surface area contributed by atoms with Crippen molar-refractivity contribution >= 4 is 22.1 Å². The van der Waals surface area contributed by atoms with Crippen LogP contribution in [-0.2, 0) is 74.6 Å². The van der Waals surface area contributed by atoms with E-state index in [4.69, 9.17) is 34.6 Å². The van der Waals surface area contributed by atoms with Gasteiger partial charge in [-0.3, -0.25) is 19.1 Å². The number of phenols is 2. The van der Waals surface area contributed by atoms with E-state index in [-0.39, 0.29) is 104 Å². The SMILES string of the molecule is [2H]c1nc(-c2[c-]c(-c3cccc4c3nc(-c3cc(C)cc(C(C)(C)C)c3O)n4-c3ccc(-c4c(-c5ccccc5)cccc4C(C)(C)C)cc3C([2H])([2H])[2H])cc(C(C)(C)C)c2)c([2H])c(-c2c([2H])c([2H])c(C([2H])([2H])[2H])c([2H])c2[2H])c1[2H].[2H]c1nc(-c2[c-]c(-c3cccc4c3nc(-c3cc(C)cc(C(C)(C)C)c3O)n4-c3ccc(C(C)(C)C)cc3-c3ccccc3)cc(C(C)(C)C)c2)c([2H])c(-c2c([2H])c([2H])c(C([2H])([2H])[2H])c([2H])c2[2H])c1[2H].[Pt].[Pt]. The van der Waals surface area contributed by atoms with Crippen LogP contribution in [0.15, 0.2) is 285 Å². The van der Waals surface area contributed by atoms with Crippen LogP contribution in [0.25, 0.3) is 157 Å². The number of hydrogen-bond acceptors (Lipinski definition) is 6. The third-order valence-electron chi connectivity index (χ3n) is 23.1. The van der Waals surface area contributed by atoms with E-state index in [0.29, 0.717) is 72.6 Å². The van der Waals surface area contributed by atoms with Crippen LogP contribution in [0.4, 0.5) is 0 Å². The van der Waals surface area contributed by atoms with Crippen LogP contribution < -0.4 is 0 Å². The summed E-state index contributed by atoms with van der Waals surface area (Å²) in [5.74, 6) is 0.873. The zero-order valence-corrected chi connectivity index (χ0v) is 80.8. The molecule has 0 aliphatic carbocycles. The number of phenolic OH excluding ortho intramolecular Hbond substituents is 2. The number of pyridine rings is 2. The number of benzene rings is 13. The van der Waals surface area contributed by atoms with Crippen molar-refractivity contribution < 1.29 is 83.9 Å². The van der Waals surface area contributed by atoms with Gasteiger partial charge in [-0.05, 0) is 205 Å². The molecule has 13 aromatic carbocycles. The summed E-state index contributed by atoms with van der Waals surface area (Å²) in [5, 5.41) is 24.7. The number of nitrogens with zero attached hydrogens (tertiary/aromatic N) is 6. The molecule has 10 heteroatoms. The third-order valence-corrected chi connectivity index (χ3v) is 23.1. The first-order valence-corrected chi connectivity index (χ1v) is 42.7. The average Bonchev–Trinajstić information content (AvgIpc) is 1.61. The van der Waals surface area contributed by atoms with Crippen LogP contribution in [0, 0.1) is 46.5 Å². The fourth-order valence-corrected chi connectivity index (χ4v) is 16.4. The molecule has 4 aromatic heterocycles. The first-order chi connectivity index (χ1) is 69.6. The fourth-order valence-electron chi connectivity index (χ4n) is 16.4. The standard InChI is InChI=1S/C63H62N3O.C56H56N3O.2Pt/c1-39-24-26-42(27-25-39)44-30-31-64-54(38-44)47-35-46(36-48(37-47)61(4,5)6)50-21-17-23-56-58(50)65-60(51-32-40(2)33-53(59(51)67)63(10,11)12)66(56)55-29-28-45(34-41(55)3)57-49(43-18-14-13-15-19-43)20-16-22-52(57)62(7,8)9;1-35-20-22-37(23-21-35)39-26-27-57-48(33-39)41-30-40(31-43(32-41)55(6,7)8)44-18-15-19-50-51(44)58-53(46-28-36(2)29-47(52(46)60)56(9,10)11)59(50)49-25-24-42(54(3,4)5)34-45(49)38-16-13-12-14-17-38;;/h13-34,36-38,67H,1-12H3;12-29,31-34,60H,1-11H3;;/q2*-1;;/i1D3,3D3,24D,25D,26D,27D,30D,31D,38D;1D3,20D,21D,22D,23D,26D,27D,33D;;.